The minimum Gasteiger partial charge on any atom is -0.477 e. The van der Waals surface area contributed by atoms with Gasteiger partial charge in [0.05, 0.1) is 31.5 Å². The highest BCUT2D eigenvalue weighted by molar-refractivity contribution is 5.76. The number of hydrogen-bond acceptors (Lipinski definition) is 18. The van der Waals surface area contributed by atoms with Gasteiger partial charge < -0.3 is 90.7 Å². The number of rotatable bonds is 13. The van der Waals surface area contributed by atoms with Crippen LogP contribution in [-0.2, 0) is 42.9 Å². The monoisotopic (exact) mass is 715 g/mol. The lowest BCUT2D eigenvalue weighted by molar-refractivity contribution is -0.358. The van der Waals surface area contributed by atoms with Crippen molar-refractivity contribution in [1.29, 1.82) is 0 Å². The molecule has 3 aliphatic rings. The first kappa shape index (κ1) is 40.7. The largest absolute Gasteiger partial charge is 0.477 e. The maximum atomic E-state index is 12.6. The van der Waals surface area contributed by atoms with Crippen molar-refractivity contribution in [2.24, 2.45) is 0 Å². The van der Waals surface area contributed by atoms with Crippen molar-refractivity contribution in [2.45, 2.75) is 125 Å². The SMILES string of the molecule is CC(=O)NC[C@@H](O)[C@@H](O)[C@@H]1O[C@@](OC[C@H]2O[C@@H](O[C@H]3[C@H](O)[C@@H](NC(C)=O)[C@H](O)O[C@@H]3CO)[C@H](O)[C@@H](O)[C@H]2O)(C(=O)O)C[C@H](O)[C@H]1NC(C)=O. The van der Waals surface area contributed by atoms with Crippen LogP contribution in [0.15, 0.2) is 0 Å². The van der Waals surface area contributed by atoms with Crippen molar-refractivity contribution >= 4 is 23.7 Å². The summed E-state index contributed by atoms with van der Waals surface area (Å²) < 4.78 is 27.4. The van der Waals surface area contributed by atoms with Crippen molar-refractivity contribution in [2.75, 3.05) is 19.8 Å². The molecule has 3 heterocycles. The van der Waals surface area contributed by atoms with Gasteiger partial charge in [-0.15, -0.1) is 0 Å². The number of carbonyl (C=O) groups is 4. The Bertz CT molecular complexity index is 1170. The minimum atomic E-state index is -2.86. The van der Waals surface area contributed by atoms with Gasteiger partial charge in [0.1, 0.15) is 61.0 Å². The lowest BCUT2D eigenvalue weighted by Gasteiger charge is -2.48. The molecule has 282 valence electrons. The molecule has 0 unspecified atom stereocenters. The summed E-state index contributed by atoms with van der Waals surface area (Å²) in [6.07, 6.45) is -24.8. The van der Waals surface area contributed by atoms with Gasteiger partial charge in [-0.2, -0.15) is 0 Å². The van der Waals surface area contributed by atoms with E-state index in [-0.39, 0.29) is 0 Å². The summed E-state index contributed by atoms with van der Waals surface area (Å²) in [6.45, 7) is 0.902. The Hall–Kier alpha value is -2.68. The molecule has 49 heavy (non-hydrogen) atoms. The topological polar surface area (TPSA) is 353 Å². The summed E-state index contributed by atoms with van der Waals surface area (Å²) in [5, 5.41) is 112. The third-order valence-corrected chi connectivity index (χ3v) is 8.24. The Morgan fingerprint density at radius 1 is 0.837 bits per heavy atom. The van der Waals surface area contributed by atoms with Crippen LogP contribution in [0.3, 0.4) is 0 Å². The number of aliphatic hydroxyl groups is 9. The molecule has 3 aliphatic heterocycles. The molecule has 0 aromatic carbocycles. The van der Waals surface area contributed by atoms with Crippen LogP contribution < -0.4 is 16.0 Å². The van der Waals surface area contributed by atoms with E-state index in [9.17, 15) is 70.2 Å². The quantitative estimate of drug-likeness (QED) is 0.0842. The van der Waals surface area contributed by atoms with Gasteiger partial charge in [0, 0.05) is 33.7 Å². The number of amides is 3. The molecule has 16 atom stereocenters. The molecule has 13 N–H and O–H groups in total. The summed E-state index contributed by atoms with van der Waals surface area (Å²) in [4.78, 5) is 47.3. The van der Waals surface area contributed by atoms with E-state index in [1.165, 1.54) is 0 Å². The molecule has 3 rings (SSSR count). The zero-order valence-corrected chi connectivity index (χ0v) is 26.6. The smallest absolute Gasteiger partial charge is 0.364 e. The number of aliphatic hydroxyl groups excluding tert-OH is 9. The van der Waals surface area contributed by atoms with Crippen molar-refractivity contribution in [1.82, 2.24) is 16.0 Å². The molecule has 3 amide bonds. The highest BCUT2D eigenvalue weighted by Gasteiger charge is 2.57. The van der Waals surface area contributed by atoms with Gasteiger partial charge in [0.2, 0.25) is 17.7 Å². The highest BCUT2D eigenvalue weighted by atomic mass is 16.8. The van der Waals surface area contributed by atoms with Crippen molar-refractivity contribution < 1.29 is 93.9 Å². The molecule has 22 heteroatoms. The molecule has 0 aromatic rings. The Morgan fingerprint density at radius 2 is 1.45 bits per heavy atom. The first-order chi connectivity index (χ1) is 22.8. The second kappa shape index (κ2) is 17.0. The van der Waals surface area contributed by atoms with Gasteiger partial charge in [0.25, 0.3) is 5.79 Å². The molecule has 0 radical (unpaired) electrons. The number of hydrogen-bond donors (Lipinski definition) is 13. The lowest BCUT2D eigenvalue weighted by atomic mass is 9.88. The Morgan fingerprint density at radius 3 is 2.00 bits per heavy atom. The van der Waals surface area contributed by atoms with E-state index in [0.717, 1.165) is 20.8 Å². The van der Waals surface area contributed by atoms with E-state index < -0.39 is 147 Å². The van der Waals surface area contributed by atoms with E-state index in [2.05, 4.69) is 16.0 Å². The van der Waals surface area contributed by atoms with Crippen molar-refractivity contribution in [3.05, 3.63) is 0 Å². The molecule has 3 fully saturated rings. The van der Waals surface area contributed by atoms with E-state index in [1.807, 2.05) is 0 Å². The zero-order chi connectivity index (χ0) is 37.0. The molecule has 3 saturated heterocycles. The first-order valence-electron chi connectivity index (χ1n) is 15.2. The minimum absolute atomic E-state index is 0.535. The summed E-state index contributed by atoms with van der Waals surface area (Å²) in [7, 11) is 0. The van der Waals surface area contributed by atoms with Crippen LogP contribution in [0.4, 0.5) is 0 Å². The predicted octanol–water partition coefficient (Wildman–Crippen LogP) is -7.94. The van der Waals surface area contributed by atoms with Crippen LogP contribution in [0.25, 0.3) is 0 Å². The molecule has 0 spiro atoms. The molecular formula is C27H45N3O19. The summed E-state index contributed by atoms with van der Waals surface area (Å²) in [5.74, 6) is -6.72. The normalized spacial score (nSPS) is 40.9. The molecule has 22 nitrogen and oxygen atoms in total. The lowest BCUT2D eigenvalue weighted by Crippen LogP contribution is -2.69. The van der Waals surface area contributed by atoms with Crippen LogP contribution in [-0.4, -0.2) is 192 Å². The van der Waals surface area contributed by atoms with Crippen LogP contribution in [0.5, 0.6) is 0 Å². The van der Waals surface area contributed by atoms with Gasteiger partial charge in [-0.05, 0) is 0 Å². The van der Waals surface area contributed by atoms with Crippen LogP contribution in [0.1, 0.15) is 27.2 Å². The van der Waals surface area contributed by atoms with Crippen LogP contribution in [0, 0.1) is 0 Å². The maximum absolute atomic E-state index is 12.6. The van der Waals surface area contributed by atoms with Gasteiger partial charge in [-0.25, -0.2) is 4.79 Å². The predicted molar refractivity (Wildman–Crippen MR) is 153 cm³/mol. The zero-order valence-electron chi connectivity index (χ0n) is 26.6. The Labute approximate surface area is 278 Å². The summed E-state index contributed by atoms with van der Waals surface area (Å²) in [5.41, 5.74) is 0. The summed E-state index contributed by atoms with van der Waals surface area (Å²) >= 11 is 0. The highest BCUT2D eigenvalue weighted by Crippen LogP contribution is 2.35. The number of carboxylic acid groups (broad SMARTS) is 1. The van der Waals surface area contributed by atoms with Crippen molar-refractivity contribution in [3.63, 3.8) is 0 Å². The number of carbonyl (C=O) groups excluding carboxylic acids is 3. The van der Waals surface area contributed by atoms with E-state index in [4.69, 9.17) is 23.7 Å². The van der Waals surface area contributed by atoms with Crippen LogP contribution >= 0.6 is 0 Å². The molecule has 0 aromatic heterocycles. The number of ether oxygens (including phenoxy) is 5. The summed E-state index contributed by atoms with van der Waals surface area (Å²) in [6, 6.07) is -2.97. The fraction of sp³-hybridized carbons (Fsp3) is 0.852. The standard InChI is InChI=1S/C27H45N3O19/c1-8(32)28-5-12(36)17(37)23-15(29-9(2)33)11(35)4-27(49-23,26(43)44)45-7-14-18(38)20(40)21(41)25(47-14)48-22-13(6-31)46-24(42)16(19(22)39)30-10(3)34/h11-25,31,35-42H,4-7H2,1-3H3,(H,28,32)(H,29,33)(H,30,34)(H,43,44)/t11-,12+,13+,14+,15+,16+,17+,18-,19+,20-,21+,22+,23+,24+,25-,27+/m0/s1. The fourth-order valence-electron chi connectivity index (χ4n) is 5.72. The second-order valence-corrected chi connectivity index (χ2v) is 12.0. The third kappa shape index (κ3) is 9.56. The van der Waals surface area contributed by atoms with E-state index >= 15 is 0 Å². The number of carboxylic acids is 1. The molecule has 0 bridgehead atoms. The van der Waals surface area contributed by atoms with Crippen molar-refractivity contribution in [3.8, 4) is 0 Å². The third-order valence-electron chi connectivity index (χ3n) is 8.24. The Kier molecular flexibility index (Phi) is 14.2. The van der Waals surface area contributed by atoms with Gasteiger partial charge >= 0.3 is 5.97 Å². The fourth-order valence-corrected chi connectivity index (χ4v) is 5.72. The number of aliphatic carboxylic acids is 1. The average molecular weight is 716 g/mol. The second-order valence-electron chi connectivity index (χ2n) is 12.0. The molecule has 0 saturated carbocycles. The molecule has 0 aliphatic carbocycles. The molecular weight excluding hydrogens is 670 g/mol. The first-order valence-corrected chi connectivity index (χ1v) is 15.2. The van der Waals surface area contributed by atoms with E-state index in [0.29, 0.717) is 0 Å². The average Bonchev–Trinajstić information content (AvgIpc) is 3.02. The van der Waals surface area contributed by atoms with Crippen LogP contribution in [0.2, 0.25) is 0 Å². The van der Waals surface area contributed by atoms with Gasteiger partial charge in [0.15, 0.2) is 12.6 Å². The number of nitrogens with one attached hydrogen (secondary N) is 3. The maximum Gasteiger partial charge on any atom is 0.364 e. The van der Waals surface area contributed by atoms with E-state index in [1.54, 1.807) is 0 Å². The van der Waals surface area contributed by atoms with Gasteiger partial charge in [-0.1, -0.05) is 0 Å². The Balaban J connectivity index is 1.84. The van der Waals surface area contributed by atoms with Gasteiger partial charge in [-0.3, -0.25) is 14.4 Å².